The second-order valence-corrected chi connectivity index (χ2v) is 3.27. The lowest BCUT2D eigenvalue weighted by Gasteiger charge is -2.08. The van der Waals surface area contributed by atoms with Crippen LogP contribution in [0.25, 0.3) is 0 Å². The van der Waals surface area contributed by atoms with E-state index in [-0.39, 0.29) is 6.04 Å². The minimum absolute atomic E-state index is 0.0848. The summed E-state index contributed by atoms with van der Waals surface area (Å²) >= 11 is 5.67. The van der Waals surface area contributed by atoms with Crippen molar-refractivity contribution in [1.82, 2.24) is 9.78 Å². The topological polar surface area (TPSA) is 44.1 Å². The number of hydrogen-bond donors (Lipinski definition) is 0. The molecule has 0 radical (unpaired) electrons. The Morgan fingerprint density at radius 1 is 1.69 bits per heavy atom. The van der Waals surface area contributed by atoms with Crippen LogP contribution in [0.1, 0.15) is 30.4 Å². The molecular formula is C8H11ClN2O2. The Morgan fingerprint density at radius 3 is 2.77 bits per heavy atom. The van der Waals surface area contributed by atoms with Crippen LogP contribution in [0.5, 0.6) is 0 Å². The van der Waals surface area contributed by atoms with Gasteiger partial charge in [-0.3, -0.25) is 4.68 Å². The third kappa shape index (κ3) is 2.01. The molecule has 1 rings (SSSR count). The van der Waals surface area contributed by atoms with E-state index in [2.05, 4.69) is 9.84 Å². The number of carbonyl (C=O) groups excluding carboxylic acids is 1. The van der Waals surface area contributed by atoms with E-state index >= 15 is 0 Å². The molecule has 0 amide bonds. The number of methoxy groups -OCH3 is 1. The van der Waals surface area contributed by atoms with E-state index in [1.165, 1.54) is 17.9 Å². The summed E-state index contributed by atoms with van der Waals surface area (Å²) in [5.74, 6) is -0.423. The average molecular weight is 203 g/mol. The van der Waals surface area contributed by atoms with E-state index in [0.29, 0.717) is 10.8 Å². The standard InChI is InChI=1S/C8H11ClN2O2/c1-5(2)11-6(8(12)13-3)4-7(9)10-11/h4-5H,1-3H3. The molecule has 0 saturated heterocycles. The number of rotatable bonds is 2. The van der Waals surface area contributed by atoms with Gasteiger partial charge in [-0.2, -0.15) is 5.10 Å². The van der Waals surface area contributed by atoms with Gasteiger partial charge in [0.1, 0.15) is 5.69 Å². The maximum Gasteiger partial charge on any atom is 0.356 e. The van der Waals surface area contributed by atoms with Crippen molar-refractivity contribution in [2.24, 2.45) is 0 Å². The number of ether oxygens (including phenoxy) is 1. The molecule has 0 spiro atoms. The van der Waals surface area contributed by atoms with Crippen LogP contribution in [0.3, 0.4) is 0 Å². The summed E-state index contributed by atoms with van der Waals surface area (Å²) in [4.78, 5) is 11.2. The van der Waals surface area contributed by atoms with Crippen molar-refractivity contribution in [3.63, 3.8) is 0 Å². The first-order valence-electron chi connectivity index (χ1n) is 3.89. The van der Waals surface area contributed by atoms with Crippen LogP contribution >= 0.6 is 11.6 Å². The lowest BCUT2D eigenvalue weighted by molar-refractivity contribution is 0.0584. The Balaban J connectivity index is 3.11. The van der Waals surface area contributed by atoms with Crippen LogP contribution in [-0.2, 0) is 4.74 Å². The lowest BCUT2D eigenvalue weighted by atomic mass is 10.3. The van der Waals surface area contributed by atoms with Crippen molar-refractivity contribution in [2.75, 3.05) is 7.11 Å². The first-order chi connectivity index (χ1) is 6.06. The fraction of sp³-hybridized carbons (Fsp3) is 0.500. The normalized spacial score (nSPS) is 10.5. The van der Waals surface area contributed by atoms with E-state index in [0.717, 1.165) is 0 Å². The number of esters is 1. The van der Waals surface area contributed by atoms with Gasteiger partial charge >= 0.3 is 5.97 Å². The van der Waals surface area contributed by atoms with E-state index in [1.54, 1.807) is 0 Å². The first kappa shape index (κ1) is 10.1. The van der Waals surface area contributed by atoms with Gasteiger partial charge in [-0.1, -0.05) is 11.6 Å². The average Bonchev–Trinajstić information content (AvgIpc) is 2.46. The molecule has 0 fully saturated rings. The van der Waals surface area contributed by atoms with Gasteiger partial charge in [0, 0.05) is 12.1 Å². The number of aromatic nitrogens is 2. The van der Waals surface area contributed by atoms with Crippen molar-refractivity contribution in [3.8, 4) is 0 Å². The van der Waals surface area contributed by atoms with Crippen molar-refractivity contribution >= 4 is 17.6 Å². The molecule has 0 bridgehead atoms. The van der Waals surface area contributed by atoms with Crippen LogP contribution in [0.2, 0.25) is 5.15 Å². The maximum absolute atomic E-state index is 11.2. The maximum atomic E-state index is 11.2. The Bertz CT molecular complexity index is 320. The van der Waals surface area contributed by atoms with Gasteiger partial charge in [0.2, 0.25) is 0 Å². The second-order valence-electron chi connectivity index (χ2n) is 2.88. The number of nitrogens with zero attached hydrogens (tertiary/aromatic N) is 2. The summed E-state index contributed by atoms with van der Waals surface area (Å²) in [6.07, 6.45) is 0. The third-order valence-electron chi connectivity index (χ3n) is 1.59. The van der Waals surface area contributed by atoms with Crippen LogP contribution in [0, 0.1) is 0 Å². The number of halogens is 1. The van der Waals surface area contributed by atoms with Crippen LogP contribution in [-0.4, -0.2) is 22.9 Å². The molecule has 0 aliphatic heterocycles. The molecule has 0 aliphatic carbocycles. The molecule has 0 atom stereocenters. The van der Waals surface area contributed by atoms with E-state index in [9.17, 15) is 4.79 Å². The van der Waals surface area contributed by atoms with Crippen molar-refractivity contribution in [3.05, 3.63) is 16.9 Å². The van der Waals surface area contributed by atoms with Crippen molar-refractivity contribution < 1.29 is 9.53 Å². The molecule has 13 heavy (non-hydrogen) atoms. The molecule has 72 valence electrons. The monoisotopic (exact) mass is 202 g/mol. The zero-order valence-corrected chi connectivity index (χ0v) is 8.50. The highest BCUT2D eigenvalue weighted by Gasteiger charge is 2.16. The van der Waals surface area contributed by atoms with Crippen LogP contribution < -0.4 is 0 Å². The highest BCUT2D eigenvalue weighted by Crippen LogP contribution is 2.15. The largest absolute Gasteiger partial charge is 0.464 e. The van der Waals surface area contributed by atoms with E-state index in [4.69, 9.17) is 11.6 Å². The first-order valence-corrected chi connectivity index (χ1v) is 4.27. The number of carbonyl (C=O) groups is 1. The molecule has 0 N–H and O–H groups in total. The molecule has 5 heteroatoms. The Kier molecular flexibility index (Phi) is 2.93. The molecule has 0 unspecified atom stereocenters. The van der Waals surface area contributed by atoms with Gasteiger partial charge in [0.25, 0.3) is 0 Å². The summed E-state index contributed by atoms with van der Waals surface area (Å²) in [5.41, 5.74) is 0.377. The molecule has 1 aromatic heterocycles. The van der Waals surface area contributed by atoms with Gasteiger partial charge in [0.15, 0.2) is 5.15 Å². The Labute approximate surface area is 81.4 Å². The molecule has 0 aromatic carbocycles. The lowest BCUT2D eigenvalue weighted by Crippen LogP contribution is -2.13. The van der Waals surface area contributed by atoms with Gasteiger partial charge in [0.05, 0.1) is 7.11 Å². The molecule has 4 nitrogen and oxygen atoms in total. The predicted molar refractivity (Wildman–Crippen MR) is 49.0 cm³/mol. The molecule has 1 aromatic rings. The highest BCUT2D eigenvalue weighted by atomic mass is 35.5. The quantitative estimate of drug-likeness (QED) is 0.688. The summed E-state index contributed by atoms with van der Waals surface area (Å²) in [7, 11) is 1.33. The van der Waals surface area contributed by atoms with Gasteiger partial charge < -0.3 is 4.74 Å². The van der Waals surface area contributed by atoms with Crippen LogP contribution in [0.4, 0.5) is 0 Å². The molecule has 0 aliphatic rings. The minimum atomic E-state index is -0.423. The number of hydrogen-bond acceptors (Lipinski definition) is 3. The van der Waals surface area contributed by atoms with Crippen LogP contribution in [0.15, 0.2) is 6.07 Å². The fourth-order valence-corrected chi connectivity index (χ4v) is 1.20. The summed E-state index contributed by atoms with van der Waals surface area (Å²) < 4.78 is 6.12. The van der Waals surface area contributed by atoms with Gasteiger partial charge in [-0.05, 0) is 13.8 Å². The zero-order chi connectivity index (χ0) is 10.0. The summed E-state index contributed by atoms with van der Waals surface area (Å²) in [5, 5.41) is 4.26. The summed E-state index contributed by atoms with van der Waals surface area (Å²) in [6.45, 7) is 3.82. The smallest absolute Gasteiger partial charge is 0.356 e. The SMILES string of the molecule is COC(=O)c1cc(Cl)nn1C(C)C. The fourth-order valence-electron chi connectivity index (χ4n) is 1.02. The molecular weight excluding hydrogens is 192 g/mol. The van der Waals surface area contributed by atoms with Crippen molar-refractivity contribution in [1.29, 1.82) is 0 Å². The van der Waals surface area contributed by atoms with E-state index < -0.39 is 5.97 Å². The highest BCUT2D eigenvalue weighted by molar-refractivity contribution is 6.29. The minimum Gasteiger partial charge on any atom is -0.464 e. The predicted octanol–water partition coefficient (Wildman–Crippen LogP) is 1.90. The van der Waals surface area contributed by atoms with Gasteiger partial charge in [-0.15, -0.1) is 0 Å². The molecule has 1 heterocycles. The summed E-state index contributed by atoms with van der Waals surface area (Å²) in [6, 6.07) is 1.58. The Morgan fingerprint density at radius 2 is 2.31 bits per heavy atom. The molecule has 0 saturated carbocycles. The van der Waals surface area contributed by atoms with Gasteiger partial charge in [-0.25, -0.2) is 4.79 Å². The van der Waals surface area contributed by atoms with E-state index in [1.807, 2.05) is 13.8 Å². The third-order valence-corrected chi connectivity index (χ3v) is 1.77. The van der Waals surface area contributed by atoms with Crippen molar-refractivity contribution in [2.45, 2.75) is 19.9 Å². The second kappa shape index (κ2) is 3.79. The Hall–Kier alpha value is -1.03. The zero-order valence-electron chi connectivity index (χ0n) is 7.74.